The molecule has 0 unspecified atom stereocenters. The van der Waals surface area contributed by atoms with Crippen molar-refractivity contribution in [1.82, 2.24) is 4.90 Å². The maximum Gasteiger partial charge on any atom is 0.164 e. The van der Waals surface area contributed by atoms with Crippen LogP contribution >= 0.6 is 0 Å². The summed E-state index contributed by atoms with van der Waals surface area (Å²) in [6.45, 7) is 9.64. The van der Waals surface area contributed by atoms with E-state index in [0.29, 0.717) is 23.6 Å². The molecule has 0 N–H and O–H groups in total. The van der Waals surface area contributed by atoms with E-state index in [4.69, 9.17) is 0 Å². The molecule has 1 rings (SSSR count). The zero-order valence-electron chi connectivity index (χ0n) is 11.7. The number of carbonyl (C=O) groups is 1. The van der Waals surface area contributed by atoms with Crippen LogP contribution in [0.1, 0.15) is 43.1 Å². The third kappa shape index (κ3) is 3.91. The molecule has 0 heterocycles. The van der Waals surface area contributed by atoms with E-state index in [-0.39, 0.29) is 11.6 Å². The number of hydrogen-bond acceptors (Lipinski definition) is 2. The Morgan fingerprint density at radius 2 is 2.06 bits per heavy atom. The molecule has 0 spiro atoms. The zero-order chi connectivity index (χ0) is 13.7. The number of carbonyl (C=O) groups excluding carboxylic acids is 1. The number of aryl methyl sites for hydroxylation is 1. The number of nitrogens with zero attached hydrogens (tertiary/aromatic N) is 1. The highest BCUT2D eigenvalue weighted by Crippen LogP contribution is 2.11. The Labute approximate surface area is 109 Å². The molecule has 1 aromatic carbocycles. The van der Waals surface area contributed by atoms with E-state index in [1.807, 2.05) is 0 Å². The van der Waals surface area contributed by atoms with Crippen LogP contribution in [-0.4, -0.2) is 29.8 Å². The molecular weight excluding hydrogens is 229 g/mol. The molecular formula is C15H22FNO. The normalized spacial score (nSPS) is 11.3. The van der Waals surface area contributed by atoms with Crippen molar-refractivity contribution in [1.29, 1.82) is 0 Å². The minimum Gasteiger partial charge on any atom is -0.301 e. The van der Waals surface area contributed by atoms with Crippen molar-refractivity contribution in [3.05, 3.63) is 35.1 Å². The summed E-state index contributed by atoms with van der Waals surface area (Å²) in [6.07, 6.45) is 0.439. The molecule has 0 aromatic heterocycles. The third-order valence-corrected chi connectivity index (χ3v) is 3.26. The van der Waals surface area contributed by atoms with E-state index in [1.54, 1.807) is 19.1 Å². The van der Waals surface area contributed by atoms with E-state index >= 15 is 0 Å². The smallest absolute Gasteiger partial charge is 0.164 e. The molecule has 0 radical (unpaired) electrons. The molecule has 0 saturated carbocycles. The summed E-state index contributed by atoms with van der Waals surface area (Å²) >= 11 is 0. The summed E-state index contributed by atoms with van der Waals surface area (Å²) in [4.78, 5) is 14.2. The Hall–Kier alpha value is -1.22. The minimum atomic E-state index is -0.308. The molecule has 2 nitrogen and oxygen atoms in total. The number of hydrogen-bond donors (Lipinski definition) is 0. The average molecular weight is 251 g/mol. The second kappa shape index (κ2) is 6.64. The molecule has 0 bridgehead atoms. The Morgan fingerprint density at radius 1 is 1.39 bits per heavy atom. The Morgan fingerprint density at radius 3 is 2.56 bits per heavy atom. The SMILES string of the molecule is CCN(CCC(=O)c1ccc(C)c(F)c1)C(C)C. The van der Waals surface area contributed by atoms with E-state index < -0.39 is 0 Å². The summed E-state index contributed by atoms with van der Waals surface area (Å²) in [5.41, 5.74) is 1.04. The number of Topliss-reactive ketones (excluding diaryl/α,β-unsaturated/α-hetero) is 1. The maximum absolute atomic E-state index is 13.4. The largest absolute Gasteiger partial charge is 0.301 e. The number of halogens is 1. The lowest BCUT2D eigenvalue weighted by Crippen LogP contribution is -2.32. The summed E-state index contributed by atoms with van der Waals surface area (Å²) in [6, 6.07) is 5.12. The van der Waals surface area contributed by atoms with Crippen LogP contribution in [0.25, 0.3) is 0 Å². The van der Waals surface area contributed by atoms with Gasteiger partial charge in [-0.25, -0.2) is 4.39 Å². The lowest BCUT2D eigenvalue weighted by atomic mass is 10.1. The van der Waals surface area contributed by atoms with E-state index in [0.717, 1.165) is 13.1 Å². The van der Waals surface area contributed by atoms with Gasteiger partial charge in [-0.1, -0.05) is 19.1 Å². The molecule has 18 heavy (non-hydrogen) atoms. The highest BCUT2D eigenvalue weighted by molar-refractivity contribution is 5.96. The van der Waals surface area contributed by atoms with Crippen LogP contribution < -0.4 is 0 Å². The topological polar surface area (TPSA) is 20.3 Å². The van der Waals surface area contributed by atoms with Crippen molar-refractivity contribution in [2.45, 2.75) is 40.2 Å². The van der Waals surface area contributed by atoms with Crippen LogP contribution in [0.2, 0.25) is 0 Å². The van der Waals surface area contributed by atoms with Gasteiger partial charge in [-0.15, -0.1) is 0 Å². The Kier molecular flexibility index (Phi) is 5.48. The van der Waals surface area contributed by atoms with Crippen molar-refractivity contribution in [2.75, 3.05) is 13.1 Å². The molecule has 0 aliphatic rings. The van der Waals surface area contributed by atoms with Crippen LogP contribution in [0, 0.1) is 12.7 Å². The first-order valence-electron chi connectivity index (χ1n) is 6.49. The highest BCUT2D eigenvalue weighted by atomic mass is 19.1. The van der Waals surface area contributed by atoms with Gasteiger partial charge in [-0.05, 0) is 38.9 Å². The molecule has 3 heteroatoms. The predicted octanol–water partition coefficient (Wildman–Crippen LogP) is 3.44. The first-order valence-corrected chi connectivity index (χ1v) is 6.49. The van der Waals surface area contributed by atoms with Crippen molar-refractivity contribution in [3.63, 3.8) is 0 Å². The standard InChI is InChI=1S/C15H22FNO/c1-5-17(11(2)3)9-8-15(18)13-7-6-12(4)14(16)10-13/h6-7,10-11H,5,8-9H2,1-4H3. The first kappa shape index (κ1) is 14.8. The van der Waals surface area contributed by atoms with Gasteiger partial charge in [-0.2, -0.15) is 0 Å². The first-order chi connectivity index (χ1) is 8.45. The van der Waals surface area contributed by atoms with Crippen LogP contribution in [0.15, 0.2) is 18.2 Å². The molecule has 0 aliphatic heterocycles. The van der Waals surface area contributed by atoms with Gasteiger partial charge in [0.1, 0.15) is 5.82 Å². The fourth-order valence-electron chi connectivity index (χ4n) is 1.94. The van der Waals surface area contributed by atoms with Gasteiger partial charge in [0.05, 0.1) is 0 Å². The van der Waals surface area contributed by atoms with Gasteiger partial charge in [0.25, 0.3) is 0 Å². The van der Waals surface area contributed by atoms with Crippen LogP contribution in [0.5, 0.6) is 0 Å². The van der Waals surface area contributed by atoms with Crippen LogP contribution in [0.3, 0.4) is 0 Å². The summed E-state index contributed by atoms with van der Waals surface area (Å²) in [5, 5.41) is 0. The van der Waals surface area contributed by atoms with Crippen molar-refractivity contribution < 1.29 is 9.18 Å². The molecule has 100 valence electrons. The van der Waals surface area contributed by atoms with Gasteiger partial charge in [0, 0.05) is 24.6 Å². The zero-order valence-corrected chi connectivity index (χ0v) is 11.7. The number of ketones is 1. The lowest BCUT2D eigenvalue weighted by molar-refractivity contribution is 0.0957. The van der Waals surface area contributed by atoms with Crippen LogP contribution in [-0.2, 0) is 0 Å². The van der Waals surface area contributed by atoms with Gasteiger partial charge in [0.15, 0.2) is 5.78 Å². The fourth-order valence-corrected chi connectivity index (χ4v) is 1.94. The van der Waals surface area contributed by atoms with Crippen molar-refractivity contribution >= 4 is 5.78 Å². The van der Waals surface area contributed by atoms with E-state index in [1.165, 1.54) is 6.07 Å². The van der Waals surface area contributed by atoms with Crippen molar-refractivity contribution in [3.8, 4) is 0 Å². The second-order valence-corrected chi connectivity index (χ2v) is 4.86. The van der Waals surface area contributed by atoms with E-state index in [9.17, 15) is 9.18 Å². The molecule has 0 atom stereocenters. The molecule has 1 aromatic rings. The third-order valence-electron chi connectivity index (χ3n) is 3.26. The maximum atomic E-state index is 13.4. The Bertz CT molecular complexity index is 415. The predicted molar refractivity (Wildman–Crippen MR) is 72.5 cm³/mol. The summed E-state index contributed by atoms with van der Waals surface area (Å²) < 4.78 is 13.4. The van der Waals surface area contributed by atoms with Gasteiger partial charge >= 0.3 is 0 Å². The molecule has 0 aliphatic carbocycles. The van der Waals surface area contributed by atoms with Gasteiger partial charge < -0.3 is 4.90 Å². The quantitative estimate of drug-likeness (QED) is 0.722. The fraction of sp³-hybridized carbons (Fsp3) is 0.533. The average Bonchev–Trinajstić information content (AvgIpc) is 2.32. The molecule has 0 saturated heterocycles. The summed E-state index contributed by atoms with van der Waals surface area (Å²) in [5.74, 6) is -0.301. The highest BCUT2D eigenvalue weighted by Gasteiger charge is 2.12. The summed E-state index contributed by atoms with van der Waals surface area (Å²) in [7, 11) is 0. The van der Waals surface area contributed by atoms with Crippen LogP contribution in [0.4, 0.5) is 4.39 Å². The number of benzene rings is 1. The molecule has 0 fully saturated rings. The lowest BCUT2D eigenvalue weighted by Gasteiger charge is -2.24. The number of rotatable bonds is 6. The second-order valence-electron chi connectivity index (χ2n) is 4.86. The van der Waals surface area contributed by atoms with E-state index in [2.05, 4.69) is 25.7 Å². The van der Waals surface area contributed by atoms with Gasteiger partial charge in [0.2, 0.25) is 0 Å². The van der Waals surface area contributed by atoms with Crippen molar-refractivity contribution in [2.24, 2.45) is 0 Å². The minimum absolute atomic E-state index is 0.00741. The van der Waals surface area contributed by atoms with Gasteiger partial charge in [-0.3, -0.25) is 4.79 Å². The molecule has 0 amide bonds. The Balaban J connectivity index is 2.62. The monoisotopic (exact) mass is 251 g/mol.